The van der Waals surface area contributed by atoms with Crippen LogP contribution in [0.15, 0.2) is 18.2 Å². The lowest BCUT2D eigenvalue weighted by Crippen LogP contribution is -2.09. The number of hydrogen-bond donors (Lipinski definition) is 1. The second-order valence-corrected chi connectivity index (χ2v) is 5.97. The highest BCUT2D eigenvalue weighted by Gasteiger charge is 2.16. The van der Waals surface area contributed by atoms with Gasteiger partial charge in [0.1, 0.15) is 5.82 Å². The van der Waals surface area contributed by atoms with E-state index < -0.39 is 11.8 Å². The number of carboxylic acids is 1. The summed E-state index contributed by atoms with van der Waals surface area (Å²) in [5.41, 5.74) is 0.817. The van der Waals surface area contributed by atoms with E-state index in [9.17, 15) is 9.18 Å². The van der Waals surface area contributed by atoms with Crippen LogP contribution < -0.4 is 0 Å². The standard InChI is InChI=1S/C14H17FO2S/c15-11-7-6-10(13(8-11)14(16)17)9-18-12-4-2-1-3-5-12/h6-8,12H,1-5,9H2,(H,16,17). The van der Waals surface area contributed by atoms with E-state index in [4.69, 9.17) is 5.11 Å². The Morgan fingerprint density at radius 2 is 2.06 bits per heavy atom. The molecule has 0 radical (unpaired) electrons. The highest BCUT2D eigenvalue weighted by molar-refractivity contribution is 7.99. The molecule has 98 valence electrons. The van der Waals surface area contributed by atoms with Gasteiger partial charge in [-0.1, -0.05) is 25.3 Å². The second-order valence-electron chi connectivity index (χ2n) is 4.68. The van der Waals surface area contributed by atoms with Crippen molar-refractivity contribution in [3.8, 4) is 0 Å². The van der Waals surface area contributed by atoms with Gasteiger partial charge in [-0.05, 0) is 30.5 Å². The van der Waals surface area contributed by atoms with E-state index in [0.717, 1.165) is 11.6 Å². The molecule has 0 bridgehead atoms. The molecule has 2 nitrogen and oxygen atoms in total. The smallest absolute Gasteiger partial charge is 0.336 e. The summed E-state index contributed by atoms with van der Waals surface area (Å²) in [4.78, 5) is 11.0. The van der Waals surface area contributed by atoms with Crippen LogP contribution in [0, 0.1) is 5.82 Å². The SMILES string of the molecule is O=C(O)c1cc(F)ccc1CSC1CCCCC1. The maximum Gasteiger partial charge on any atom is 0.336 e. The zero-order valence-electron chi connectivity index (χ0n) is 10.2. The van der Waals surface area contributed by atoms with Crippen molar-refractivity contribution in [2.75, 3.05) is 0 Å². The molecule has 0 heterocycles. The third-order valence-electron chi connectivity index (χ3n) is 3.33. The van der Waals surface area contributed by atoms with Gasteiger partial charge >= 0.3 is 5.97 Å². The molecule has 1 saturated carbocycles. The first-order valence-corrected chi connectivity index (χ1v) is 7.35. The lowest BCUT2D eigenvalue weighted by atomic mass is 10.0. The van der Waals surface area contributed by atoms with Crippen LogP contribution >= 0.6 is 11.8 Å². The summed E-state index contributed by atoms with van der Waals surface area (Å²) in [5, 5.41) is 9.68. The predicted octanol–water partition coefficient (Wildman–Crippen LogP) is 4.09. The van der Waals surface area contributed by atoms with Crippen LogP contribution in [0.5, 0.6) is 0 Å². The Morgan fingerprint density at radius 3 is 2.72 bits per heavy atom. The molecular weight excluding hydrogens is 251 g/mol. The van der Waals surface area contributed by atoms with Crippen LogP contribution in [0.1, 0.15) is 48.0 Å². The minimum absolute atomic E-state index is 0.0957. The quantitative estimate of drug-likeness (QED) is 0.893. The van der Waals surface area contributed by atoms with E-state index in [1.807, 2.05) is 0 Å². The zero-order chi connectivity index (χ0) is 13.0. The minimum Gasteiger partial charge on any atom is -0.478 e. The molecule has 1 aliphatic carbocycles. The van der Waals surface area contributed by atoms with Crippen LogP contribution in [0.4, 0.5) is 4.39 Å². The van der Waals surface area contributed by atoms with Crippen molar-refractivity contribution in [2.45, 2.75) is 43.1 Å². The monoisotopic (exact) mass is 268 g/mol. The number of carboxylic acid groups (broad SMARTS) is 1. The molecule has 0 amide bonds. The Hall–Kier alpha value is -1.03. The van der Waals surface area contributed by atoms with Crippen LogP contribution in [0.25, 0.3) is 0 Å². The van der Waals surface area contributed by atoms with E-state index in [0.29, 0.717) is 11.0 Å². The zero-order valence-corrected chi connectivity index (χ0v) is 11.0. The number of halogens is 1. The summed E-state index contributed by atoms with van der Waals surface area (Å²) < 4.78 is 13.0. The van der Waals surface area contributed by atoms with Crippen molar-refractivity contribution in [2.24, 2.45) is 0 Å². The van der Waals surface area contributed by atoms with E-state index in [1.165, 1.54) is 38.2 Å². The molecule has 1 aliphatic rings. The Kier molecular flexibility index (Phi) is 4.64. The van der Waals surface area contributed by atoms with E-state index in [2.05, 4.69) is 0 Å². The van der Waals surface area contributed by atoms with Crippen molar-refractivity contribution in [1.82, 2.24) is 0 Å². The Bertz CT molecular complexity index is 428. The van der Waals surface area contributed by atoms with E-state index >= 15 is 0 Å². The molecular formula is C14H17FO2S. The highest BCUT2D eigenvalue weighted by Crippen LogP contribution is 2.31. The predicted molar refractivity (Wildman–Crippen MR) is 71.5 cm³/mol. The number of hydrogen-bond acceptors (Lipinski definition) is 2. The van der Waals surface area contributed by atoms with Gasteiger partial charge in [0.2, 0.25) is 0 Å². The molecule has 4 heteroatoms. The van der Waals surface area contributed by atoms with Gasteiger partial charge in [0.05, 0.1) is 5.56 Å². The Balaban J connectivity index is 2.01. The average Bonchev–Trinajstić information content (AvgIpc) is 2.38. The number of rotatable bonds is 4. The van der Waals surface area contributed by atoms with Crippen molar-refractivity contribution in [3.05, 3.63) is 35.1 Å². The topological polar surface area (TPSA) is 37.3 Å². The highest BCUT2D eigenvalue weighted by atomic mass is 32.2. The van der Waals surface area contributed by atoms with Gasteiger partial charge in [-0.3, -0.25) is 0 Å². The molecule has 1 fully saturated rings. The lowest BCUT2D eigenvalue weighted by Gasteiger charge is -2.21. The molecule has 1 aromatic carbocycles. The normalized spacial score (nSPS) is 16.7. The number of thioether (sulfide) groups is 1. The first kappa shape index (κ1) is 13.4. The number of carbonyl (C=O) groups is 1. The van der Waals surface area contributed by atoms with Crippen LogP contribution in [-0.2, 0) is 5.75 Å². The molecule has 0 spiro atoms. The fraction of sp³-hybridized carbons (Fsp3) is 0.500. The Morgan fingerprint density at radius 1 is 1.33 bits per heavy atom. The molecule has 0 saturated heterocycles. The molecule has 1 aromatic rings. The van der Waals surface area contributed by atoms with Gasteiger partial charge in [0, 0.05) is 11.0 Å². The van der Waals surface area contributed by atoms with Crippen molar-refractivity contribution in [1.29, 1.82) is 0 Å². The second kappa shape index (κ2) is 6.23. The fourth-order valence-electron chi connectivity index (χ4n) is 2.31. The van der Waals surface area contributed by atoms with Crippen LogP contribution in [0.3, 0.4) is 0 Å². The van der Waals surface area contributed by atoms with Crippen LogP contribution in [0.2, 0.25) is 0 Å². The largest absolute Gasteiger partial charge is 0.478 e. The molecule has 0 aromatic heterocycles. The van der Waals surface area contributed by atoms with Gasteiger partial charge in [-0.15, -0.1) is 0 Å². The number of benzene rings is 1. The molecule has 18 heavy (non-hydrogen) atoms. The van der Waals surface area contributed by atoms with Gasteiger partial charge in [-0.25, -0.2) is 9.18 Å². The summed E-state index contributed by atoms with van der Waals surface area (Å²) in [6.07, 6.45) is 6.29. The van der Waals surface area contributed by atoms with Crippen molar-refractivity contribution < 1.29 is 14.3 Å². The maximum absolute atomic E-state index is 13.0. The lowest BCUT2D eigenvalue weighted by molar-refractivity contribution is 0.0695. The first-order valence-electron chi connectivity index (χ1n) is 6.30. The minimum atomic E-state index is -1.05. The molecule has 0 atom stereocenters. The fourth-order valence-corrected chi connectivity index (χ4v) is 3.65. The van der Waals surface area contributed by atoms with Gasteiger partial charge in [0.15, 0.2) is 0 Å². The van der Waals surface area contributed by atoms with Gasteiger partial charge < -0.3 is 5.11 Å². The number of aromatic carboxylic acids is 1. The third kappa shape index (κ3) is 3.48. The van der Waals surface area contributed by atoms with Crippen molar-refractivity contribution in [3.63, 3.8) is 0 Å². The third-order valence-corrected chi connectivity index (χ3v) is 4.75. The van der Waals surface area contributed by atoms with E-state index in [1.54, 1.807) is 17.8 Å². The maximum atomic E-state index is 13.0. The summed E-state index contributed by atoms with van der Waals surface area (Å²) in [5.74, 6) is -0.875. The molecule has 0 unspecified atom stereocenters. The average molecular weight is 268 g/mol. The summed E-state index contributed by atoms with van der Waals surface area (Å²) in [7, 11) is 0. The molecule has 2 rings (SSSR count). The summed E-state index contributed by atoms with van der Waals surface area (Å²) >= 11 is 1.80. The molecule has 0 aliphatic heterocycles. The van der Waals surface area contributed by atoms with Crippen molar-refractivity contribution >= 4 is 17.7 Å². The van der Waals surface area contributed by atoms with E-state index in [-0.39, 0.29) is 5.56 Å². The summed E-state index contributed by atoms with van der Waals surface area (Å²) in [6, 6.07) is 4.04. The van der Waals surface area contributed by atoms with Gasteiger partial charge in [-0.2, -0.15) is 11.8 Å². The molecule has 1 N–H and O–H groups in total. The van der Waals surface area contributed by atoms with Gasteiger partial charge in [0.25, 0.3) is 0 Å². The summed E-state index contributed by atoms with van der Waals surface area (Å²) in [6.45, 7) is 0. The first-order chi connectivity index (χ1) is 8.66. The van der Waals surface area contributed by atoms with Crippen LogP contribution in [-0.4, -0.2) is 16.3 Å². The Labute approximate surface area is 111 Å².